The quantitative estimate of drug-likeness (QED) is 0.568. The number of benzene rings is 1. The molecule has 1 aromatic carbocycles. The zero-order valence-electron chi connectivity index (χ0n) is 16.2. The van der Waals surface area contributed by atoms with Gasteiger partial charge in [-0.2, -0.15) is 0 Å². The molecule has 10 heteroatoms. The molecule has 2 saturated heterocycles. The van der Waals surface area contributed by atoms with Crippen LogP contribution in [-0.4, -0.2) is 41.1 Å². The number of hydrogen-bond donors (Lipinski definition) is 0. The maximum Gasteiger partial charge on any atom is 0.573 e. The summed E-state index contributed by atoms with van der Waals surface area (Å²) in [6.07, 6.45) is -3.48. The highest BCUT2D eigenvalue weighted by Gasteiger charge is 2.45. The summed E-state index contributed by atoms with van der Waals surface area (Å²) in [7, 11) is 0. The van der Waals surface area contributed by atoms with Gasteiger partial charge in [0.15, 0.2) is 11.6 Å². The lowest BCUT2D eigenvalue weighted by Crippen LogP contribution is -2.50. The lowest BCUT2D eigenvalue weighted by Gasteiger charge is -2.39. The molecule has 3 rings (SSSR count). The number of alkyl halides is 3. The molecule has 0 aliphatic carbocycles. The standard InChI is InChI=1S/C19H22ClF4NO4/c1-18(2,3)29-17(26)25-10-4-5-11(25)7-12(6-10)27-15-9-13(28-19(22,23)24)8-14(20)16(15)21/h8-12H,4-7H2,1-3H3/t10-,11+,12?. The third-order valence-corrected chi connectivity index (χ3v) is 5.06. The Kier molecular flexibility index (Phi) is 5.82. The minimum Gasteiger partial charge on any atom is -0.487 e. The zero-order valence-corrected chi connectivity index (χ0v) is 16.9. The largest absolute Gasteiger partial charge is 0.573 e. The molecule has 1 unspecified atom stereocenters. The van der Waals surface area contributed by atoms with Gasteiger partial charge in [0.2, 0.25) is 0 Å². The summed E-state index contributed by atoms with van der Waals surface area (Å²) in [6.45, 7) is 5.35. The molecule has 3 atom stereocenters. The zero-order chi connectivity index (χ0) is 21.6. The van der Waals surface area contributed by atoms with Crippen molar-refractivity contribution in [3.05, 3.63) is 23.0 Å². The van der Waals surface area contributed by atoms with Gasteiger partial charge >= 0.3 is 12.5 Å². The molecule has 2 heterocycles. The molecular weight excluding hydrogens is 418 g/mol. The highest BCUT2D eigenvalue weighted by Crippen LogP contribution is 2.40. The number of ether oxygens (including phenoxy) is 3. The summed E-state index contributed by atoms with van der Waals surface area (Å²) >= 11 is 5.69. The van der Waals surface area contributed by atoms with E-state index in [9.17, 15) is 22.4 Å². The molecule has 0 saturated carbocycles. The number of hydrogen-bond acceptors (Lipinski definition) is 4. The van der Waals surface area contributed by atoms with Crippen molar-refractivity contribution in [3.8, 4) is 11.5 Å². The Bertz CT molecular complexity index is 767. The Morgan fingerprint density at radius 1 is 1.14 bits per heavy atom. The average molecular weight is 440 g/mol. The summed E-state index contributed by atoms with van der Waals surface area (Å²) in [5.74, 6) is -2.02. The molecule has 162 valence electrons. The Morgan fingerprint density at radius 2 is 1.72 bits per heavy atom. The molecule has 1 aromatic rings. The van der Waals surface area contributed by atoms with Crippen molar-refractivity contribution in [1.29, 1.82) is 0 Å². The lowest BCUT2D eigenvalue weighted by atomic mass is 10.00. The van der Waals surface area contributed by atoms with Crippen molar-refractivity contribution in [1.82, 2.24) is 4.90 Å². The highest BCUT2D eigenvalue weighted by molar-refractivity contribution is 6.31. The van der Waals surface area contributed by atoms with Crippen LogP contribution in [0.5, 0.6) is 11.5 Å². The van der Waals surface area contributed by atoms with Gasteiger partial charge in [-0.15, -0.1) is 13.2 Å². The second-order valence-electron chi connectivity index (χ2n) is 8.25. The molecule has 0 radical (unpaired) electrons. The van der Waals surface area contributed by atoms with Crippen molar-refractivity contribution in [2.75, 3.05) is 0 Å². The topological polar surface area (TPSA) is 48.0 Å². The normalized spacial score (nSPS) is 24.4. The van der Waals surface area contributed by atoms with Gasteiger partial charge in [0.1, 0.15) is 17.5 Å². The van der Waals surface area contributed by atoms with E-state index in [2.05, 4.69) is 4.74 Å². The Balaban J connectivity index is 1.71. The van der Waals surface area contributed by atoms with Gasteiger partial charge in [0.05, 0.1) is 5.02 Å². The molecule has 2 bridgehead atoms. The molecule has 0 spiro atoms. The van der Waals surface area contributed by atoms with Crippen LogP contribution >= 0.6 is 11.6 Å². The van der Waals surface area contributed by atoms with Gasteiger partial charge in [-0.25, -0.2) is 9.18 Å². The van der Waals surface area contributed by atoms with Crippen LogP contribution in [0.25, 0.3) is 0 Å². The van der Waals surface area contributed by atoms with Crippen LogP contribution in [0.3, 0.4) is 0 Å². The summed E-state index contributed by atoms with van der Waals surface area (Å²) in [5, 5.41) is -0.532. The summed E-state index contributed by atoms with van der Waals surface area (Å²) in [5.41, 5.74) is -0.622. The van der Waals surface area contributed by atoms with Crippen molar-refractivity contribution >= 4 is 17.7 Å². The first-order valence-corrected chi connectivity index (χ1v) is 9.63. The van der Waals surface area contributed by atoms with Crippen LogP contribution in [0.15, 0.2) is 12.1 Å². The van der Waals surface area contributed by atoms with Gasteiger partial charge in [-0.05, 0) is 33.6 Å². The summed E-state index contributed by atoms with van der Waals surface area (Å²) in [6, 6.07) is 1.30. The number of piperidine rings is 1. The van der Waals surface area contributed by atoms with Crippen LogP contribution < -0.4 is 9.47 Å². The first kappa shape index (κ1) is 21.8. The predicted molar refractivity (Wildman–Crippen MR) is 96.6 cm³/mol. The van der Waals surface area contributed by atoms with Crippen LogP contribution in [0.1, 0.15) is 46.5 Å². The second kappa shape index (κ2) is 7.74. The van der Waals surface area contributed by atoms with E-state index in [4.69, 9.17) is 21.1 Å². The van der Waals surface area contributed by atoms with E-state index in [-0.39, 0.29) is 12.1 Å². The van der Waals surface area contributed by atoms with Gasteiger partial charge in [-0.1, -0.05) is 11.6 Å². The van der Waals surface area contributed by atoms with Crippen LogP contribution in [-0.2, 0) is 4.74 Å². The minimum absolute atomic E-state index is 0.137. The van der Waals surface area contributed by atoms with Crippen LogP contribution in [0.4, 0.5) is 22.4 Å². The van der Waals surface area contributed by atoms with Gasteiger partial charge in [0.25, 0.3) is 0 Å². The maximum absolute atomic E-state index is 14.3. The van der Waals surface area contributed by atoms with E-state index in [1.807, 2.05) is 0 Å². The fraction of sp³-hybridized carbons (Fsp3) is 0.632. The highest BCUT2D eigenvalue weighted by atomic mass is 35.5. The molecule has 29 heavy (non-hydrogen) atoms. The number of nitrogens with zero attached hydrogens (tertiary/aromatic N) is 1. The van der Waals surface area contributed by atoms with Crippen LogP contribution in [0, 0.1) is 5.82 Å². The van der Waals surface area contributed by atoms with E-state index in [0.717, 1.165) is 25.0 Å². The van der Waals surface area contributed by atoms with Gasteiger partial charge in [-0.3, -0.25) is 0 Å². The van der Waals surface area contributed by atoms with Crippen molar-refractivity contribution in [3.63, 3.8) is 0 Å². The minimum atomic E-state index is -4.93. The van der Waals surface area contributed by atoms with Gasteiger partial charge < -0.3 is 19.1 Å². The molecule has 1 amide bonds. The third kappa shape index (κ3) is 5.38. The molecule has 0 aromatic heterocycles. The number of amides is 1. The SMILES string of the molecule is CC(C)(C)OC(=O)N1[C@@H]2CC[C@H]1CC(Oc1cc(OC(F)(F)F)cc(Cl)c1F)C2. The van der Waals surface area contributed by atoms with Crippen LogP contribution in [0.2, 0.25) is 5.02 Å². The lowest BCUT2D eigenvalue weighted by molar-refractivity contribution is -0.274. The Morgan fingerprint density at radius 3 is 2.24 bits per heavy atom. The monoisotopic (exact) mass is 439 g/mol. The van der Waals surface area contributed by atoms with Crippen molar-refractivity contribution in [2.24, 2.45) is 0 Å². The Labute approximate surface area is 170 Å². The molecule has 5 nitrogen and oxygen atoms in total. The number of fused-ring (bicyclic) bond motifs is 2. The maximum atomic E-state index is 14.3. The van der Waals surface area contributed by atoms with Crippen molar-refractivity contribution < 1.29 is 36.6 Å². The number of halogens is 5. The average Bonchev–Trinajstić information content (AvgIpc) is 2.80. The molecule has 2 aliphatic rings. The van der Waals surface area contributed by atoms with E-state index < -0.39 is 46.5 Å². The molecule has 2 aliphatic heterocycles. The van der Waals surface area contributed by atoms with E-state index in [1.165, 1.54) is 0 Å². The summed E-state index contributed by atoms with van der Waals surface area (Å²) in [4.78, 5) is 14.2. The smallest absolute Gasteiger partial charge is 0.487 e. The number of carbonyl (C=O) groups excluding carboxylic acids is 1. The van der Waals surface area contributed by atoms with Crippen molar-refractivity contribution in [2.45, 2.75) is 76.6 Å². The third-order valence-electron chi connectivity index (χ3n) is 4.79. The molecular formula is C19H22ClF4NO4. The number of carbonyl (C=O) groups is 1. The predicted octanol–water partition coefficient (Wildman–Crippen LogP) is 5.69. The molecule has 2 fully saturated rings. The fourth-order valence-corrected chi connectivity index (χ4v) is 4.03. The van der Waals surface area contributed by atoms with E-state index in [0.29, 0.717) is 12.8 Å². The van der Waals surface area contributed by atoms with Gasteiger partial charge in [0, 0.05) is 37.1 Å². The van der Waals surface area contributed by atoms with E-state index in [1.54, 1.807) is 25.7 Å². The first-order chi connectivity index (χ1) is 13.3. The molecule has 0 N–H and O–H groups in total. The number of rotatable bonds is 3. The summed E-state index contributed by atoms with van der Waals surface area (Å²) < 4.78 is 66.6. The fourth-order valence-electron chi connectivity index (χ4n) is 3.83. The van der Waals surface area contributed by atoms with E-state index >= 15 is 0 Å². The Hall–Kier alpha value is -1.90. The first-order valence-electron chi connectivity index (χ1n) is 9.25. The second-order valence-corrected chi connectivity index (χ2v) is 8.66.